The smallest absolute Gasteiger partial charge is 0.343 e. The van der Waals surface area contributed by atoms with E-state index < -0.39 is 22.9 Å². The predicted octanol–water partition coefficient (Wildman–Crippen LogP) is 1.71. The van der Waals surface area contributed by atoms with E-state index in [0.29, 0.717) is 0 Å². The van der Waals surface area contributed by atoms with E-state index >= 15 is 0 Å². The van der Waals surface area contributed by atoms with Gasteiger partial charge in [0, 0.05) is 18.6 Å². The molecule has 0 saturated carbocycles. The first-order chi connectivity index (χ1) is 9.85. The van der Waals surface area contributed by atoms with Crippen LogP contribution in [-0.2, 0) is 19.9 Å². The number of nitrogens with zero attached hydrogens (tertiary/aromatic N) is 1. The van der Waals surface area contributed by atoms with Crippen molar-refractivity contribution in [2.75, 3.05) is 6.61 Å². The topological polar surface area (TPSA) is 107 Å². The Morgan fingerprint density at radius 2 is 1.86 bits per heavy atom. The maximum absolute atomic E-state index is 12.0. The number of carbonyl (C=O) groups is 2. The Morgan fingerprint density at radius 3 is 2.29 bits per heavy atom. The third kappa shape index (κ3) is 3.85. The van der Waals surface area contributed by atoms with Crippen LogP contribution in [0.2, 0.25) is 0 Å². The van der Waals surface area contributed by atoms with Gasteiger partial charge in [0.15, 0.2) is 5.60 Å². The fourth-order valence-electron chi connectivity index (χ4n) is 1.81. The first-order valence-electron chi connectivity index (χ1n) is 6.51. The van der Waals surface area contributed by atoms with E-state index in [1.54, 1.807) is 13.8 Å². The quantitative estimate of drug-likeness (QED) is 0.466. The Morgan fingerprint density at radius 1 is 1.29 bits per heavy atom. The van der Waals surface area contributed by atoms with Gasteiger partial charge in [-0.1, -0.05) is 6.92 Å². The summed E-state index contributed by atoms with van der Waals surface area (Å²) in [4.78, 5) is 33.6. The molecule has 0 heterocycles. The molecule has 1 aromatic carbocycles. The lowest BCUT2D eigenvalue weighted by atomic mass is 9.88. The zero-order chi connectivity index (χ0) is 16.0. The summed E-state index contributed by atoms with van der Waals surface area (Å²) < 4.78 is 4.81. The zero-order valence-corrected chi connectivity index (χ0v) is 11.9. The normalized spacial score (nSPS) is 13.3. The maximum Gasteiger partial charge on any atom is 0.343 e. The second-order valence-electron chi connectivity index (χ2n) is 4.45. The molecular formula is C14H17NO6. The minimum atomic E-state index is -2.13. The number of non-ortho nitro benzene ring substituents is 1. The van der Waals surface area contributed by atoms with Crippen LogP contribution in [0.15, 0.2) is 24.3 Å². The lowest BCUT2D eigenvalue weighted by Gasteiger charge is -2.25. The van der Waals surface area contributed by atoms with Crippen molar-refractivity contribution in [2.45, 2.75) is 32.3 Å². The molecule has 0 bridgehead atoms. The van der Waals surface area contributed by atoms with Gasteiger partial charge in [-0.15, -0.1) is 0 Å². The van der Waals surface area contributed by atoms with Crippen LogP contribution >= 0.6 is 0 Å². The molecule has 0 saturated heterocycles. The summed E-state index contributed by atoms with van der Waals surface area (Å²) in [5.41, 5.74) is -2.21. The Kier molecular flexibility index (Phi) is 5.54. The molecule has 1 N–H and O–H groups in total. The highest BCUT2D eigenvalue weighted by molar-refractivity contribution is 5.89. The standard InChI is InChI=1S/C14H17NO6/c1-3-12(16)9-14(18,13(17)21-4-2)10-5-7-11(8-6-10)15(19)20/h5-8,18H,3-4,9H2,1-2H3/t14-/m0/s1. The molecule has 0 aromatic heterocycles. The number of nitro groups is 1. The van der Waals surface area contributed by atoms with Crippen LogP contribution in [0.3, 0.4) is 0 Å². The molecule has 1 rings (SSSR count). The Hall–Kier alpha value is -2.28. The number of rotatable bonds is 7. The third-order valence-corrected chi connectivity index (χ3v) is 3.02. The first-order valence-corrected chi connectivity index (χ1v) is 6.51. The minimum absolute atomic E-state index is 0.0500. The summed E-state index contributed by atoms with van der Waals surface area (Å²) in [6, 6.07) is 4.82. The zero-order valence-electron chi connectivity index (χ0n) is 11.9. The fourth-order valence-corrected chi connectivity index (χ4v) is 1.81. The van der Waals surface area contributed by atoms with E-state index in [1.165, 1.54) is 12.1 Å². The molecule has 0 aliphatic carbocycles. The SMILES string of the molecule is CCOC(=O)[C@](O)(CC(=O)CC)c1ccc([N+](=O)[O-])cc1. The average molecular weight is 295 g/mol. The summed E-state index contributed by atoms with van der Waals surface area (Å²) in [6.45, 7) is 3.24. The number of ketones is 1. The van der Waals surface area contributed by atoms with Gasteiger partial charge in [0.05, 0.1) is 18.0 Å². The highest BCUT2D eigenvalue weighted by Gasteiger charge is 2.41. The van der Waals surface area contributed by atoms with Gasteiger partial charge in [-0.3, -0.25) is 14.9 Å². The molecule has 21 heavy (non-hydrogen) atoms. The molecule has 7 heteroatoms. The summed E-state index contributed by atoms with van der Waals surface area (Å²) >= 11 is 0. The van der Waals surface area contributed by atoms with Crippen molar-refractivity contribution in [1.29, 1.82) is 0 Å². The summed E-state index contributed by atoms with van der Waals surface area (Å²) in [7, 11) is 0. The molecule has 0 unspecified atom stereocenters. The van der Waals surface area contributed by atoms with E-state index in [9.17, 15) is 24.8 Å². The highest BCUT2D eigenvalue weighted by Crippen LogP contribution is 2.29. The maximum atomic E-state index is 12.0. The van der Waals surface area contributed by atoms with Crippen molar-refractivity contribution < 1.29 is 24.4 Å². The Labute approximate surface area is 121 Å². The lowest BCUT2D eigenvalue weighted by Crippen LogP contribution is -2.39. The number of Topliss-reactive ketones (excluding diaryl/α,β-unsaturated/α-hetero) is 1. The predicted molar refractivity (Wildman–Crippen MR) is 73.5 cm³/mol. The average Bonchev–Trinajstić information content (AvgIpc) is 2.47. The molecule has 0 radical (unpaired) electrons. The van der Waals surface area contributed by atoms with Gasteiger partial charge in [0.25, 0.3) is 5.69 Å². The molecule has 0 fully saturated rings. The van der Waals surface area contributed by atoms with Gasteiger partial charge in [-0.25, -0.2) is 4.79 Å². The van der Waals surface area contributed by atoms with Crippen molar-refractivity contribution >= 4 is 17.4 Å². The van der Waals surface area contributed by atoms with Gasteiger partial charge in [0.1, 0.15) is 5.78 Å². The Bertz CT molecular complexity index is 539. The van der Waals surface area contributed by atoms with Crippen molar-refractivity contribution in [2.24, 2.45) is 0 Å². The largest absolute Gasteiger partial charge is 0.464 e. The van der Waals surface area contributed by atoms with Crippen molar-refractivity contribution in [3.63, 3.8) is 0 Å². The highest BCUT2D eigenvalue weighted by atomic mass is 16.6. The van der Waals surface area contributed by atoms with Crippen LogP contribution in [0, 0.1) is 10.1 Å². The van der Waals surface area contributed by atoms with Crippen LogP contribution in [0.25, 0.3) is 0 Å². The number of hydrogen-bond acceptors (Lipinski definition) is 6. The number of esters is 1. The molecular weight excluding hydrogens is 278 g/mol. The second-order valence-corrected chi connectivity index (χ2v) is 4.45. The van der Waals surface area contributed by atoms with E-state index in [2.05, 4.69) is 0 Å². The first kappa shape index (κ1) is 16.8. The van der Waals surface area contributed by atoms with E-state index in [1.807, 2.05) is 0 Å². The van der Waals surface area contributed by atoms with Crippen LogP contribution in [0.1, 0.15) is 32.3 Å². The van der Waals surface area contributed by atoms with Gasteiger partial charge < -0.3 is 9.84 Å². The number of hydrogen-bond donors (Lipinski definition) is 1. The van der Waals surface area contributed by atoms with E-state index in [-0.39, 0.29) is 30.1 Å². The van der Waals surface area contributed by atoms with Crippen molar-refractivity contribution in [3.8, 4) is 0 Å². The molecule has 7 nitrogen and oxygen atoms in total. The fraction of sp³-hybridized carbons (Fsp3) is 0.429. The van der Waals surface area contributed by atoms with Gasteiger partial charge >= 0.3 is 5.97 Å². The van der Waals surface area contributed by atoms with Gasteiger partial charge in [-0.05, 0) is 24.6 Å². The number of aliphatic hydroxyl groups is 1. The minimum Gasteiger partial charge on any atom is -0.464 e. The van der Waals surface area contributed by atoms with Gasteiger partial charge in [0.2, 0.25) is 0 Å². The molecule has 0 spiro atoms. The number of carbonyl (C=O) groups excluding carboxylic acids is 2. The molecule has 114 valence electrons. The monoisotopic (exact) mass is 295 g/mol. The van der Waals surface area contributed by atoms with E-state index in [4.69, 9.17) is 4.74 Å². The summed E-state index contributed by atoms with van der Waals surface area (Å²) in [5.74, 6) is -1.26. The van der Waals surface area contributed by atoms with Crippen LogP contribution in [0.4, 0.5) is 5.69 Å². The van der Waals surface area contributed by atoms with Gasteiger partial charge in [-0.2, -0.15) is 0 Å². The molecule has 0 amide bonds. The van der Waals surface area contributed by atoms with Crippen LogP contribution in [-0.4, -0.2) is 28.4 Å². The lowest BCUT2D eigenvalue weighted by molar-refractivity contribution is -0.384. The van der Waals surface area contributed by atoms with Crippen molar-refractivity contribution in [3.05, 3.63) is 39.9 Å². The molecule has 1 aromatic rings. The number of ether oxygens (including phenoxy) is 1. The molecule has 0 aliphatic heterocycles. The Balaban J connectivity index is 3.19. The second kappa shape index (κ2) is 6.94. The molecule has 0 aliphatic rings. The third-order valence-electron chi connectivity index (χ3n) is 3.02. The van der Waals surface area contributed by atoms with Crippen LogP contribution < -0.4 is 0 Å². The number of nitro benzene ring substituents is 1. The summed E-state index contributed by atoms with van der Waals surface area (Å²) in [6.07, 6.45) is -0.269. The summed E-state index contributed by atoms with van der Waals surface area (Å²) in [5, 5.41) is 21.2. The number of benzene rings is 1. The van der Waals surface area contributed by atoms with E-state index in [0.717, 1.165) is 12.1 Å². The van der Waals surface area contributed by atoms with Crippen molar-refractivity contribution in [1.82, 2.24) is 0 Å². The van der Waals surface area contributed by atoms with Crippen LogP contribution in [0.5, 0.6) is 0 Å². The molecule has 1 atom stereocenters.